The van der Waals surface area contributed by atoms with Gasteiger partial charge in [0.1, 0.15) is 0 Å². The Hall–Kier alpha value is -0.120. The zero-order chi connectivity index (χ0) is 12.0. The summed E-state index contributed by atoms with van der Waals surface area (Å²) in [6.45, 7) is 9.41. The van der Waals surface area contributed by atoms with Gasteiger partial charge in [0.2, 0.25) is 0 Å². The van der Waals surface area contributed by atoms with Gasteiger partial charge in [0, 0.05) is 19.7 Å². The molecule has 0 bridgehead atoms. The van der Waals surface area contributed by atoms with E-state index < -0.39 is 0 Å². The molecule has 0 aromatic heterocycles. The van der Waals surface area contributed by atoms with Crippen molar-refractivity contribution in [2.45, 2.75) is 33.1 Å². The summed E-state index contributed by atoms with van der Waals surface area (Å²) < 4.78 is 5.51. The van der Waals surface area contributed by atoms with Gasteiger partial charge in [-0.15, -0.1) is 0 Å². The van der Waals surface area contributed by atoms with Crippen LogP contribution in [-0.4, -0.2) is 44.8 Å². The van der Waals surface area contributed by atoms with Crippen molar-refractivity contribution in [2.24, 2.45) is 17.1 Å². The van der Waals surface area contributed by atoms with Crippen LogP contribution < -0.4 is 5.73 Å². The SMILES string of the molecule is CCC(C)(CN)CN(C)CC1CCCOC1. The Morgan fingerprint density at radius 2 is 2.25 bits per heavy atom. The van der Waals surface area contributed by atoms with Gasteiger partial charge in [0.05, 0.1) is 6.61 Å². The first kappa shape index (κ1) is 13.9. The van der Waals surface area contributed by atoms with Gasteiger partial charge >= 0.3 is 0 Å². The number of nitrogens with two attached hydrogens (primary N) is 1. The average molecular weight is 228 g/mol. The molecular weight excluding hydrogens is 200 g/mol. The maximum atomic E-state index is 5.85. The highest BCUT2D eigenvalue weighted by Gasteiger charge is 2.24. The molecule has 2 unspecified atom stereocenters. The molecule has 1 aliphatic heterocycles. The molecular formula is C13H28N2O. The second-order valence-electron chi connectivity index (χ2n) is 5.65. The van der Waals surface area contributed by atoms with E-state index >= 15 is 0 Å². The summed E-state index contributed by atoms with van der Waals surface area (Å²) in [6.07, 6.45) is 3.69. The van der Waals surface area contributed by atoms with E-state index in [2.05, 4.69) is 25.8 Å². The summed E-state index contributed by atoms with van der Waals surface area (Å²) in [5, 5.41) is 0. The molecule has 3 heteroatoms. The van der Waals surface area contributed by atoms with E-state index in [9.17, 15) is 0 Å². The minimum atomic E-state index is 0.268. The van der Waals surface area contributed by atoms with Gasteiger partial charge in [-0.2, -0.15) is 0 Å². The summed E-state index contributed by atoms with van der Waals surface area (Å²) >= 11 is 0. The molecule has 0 radical (unpaired) electrons. The van der Waals surface area contributed by atoms with Gasteiger partial charge in [0.25, 0.3) is 0 Å². The first-order chi connectivity index (χ1) is 7.59. The Morgan fingerprint density at radius 1 is 1.50 bits per heavy atom. The summed E-state index contributed by atoms with van der Waals surface area (Å²) in [5.41, 5.74) is 6.12. The Morgan fingerprint density at radius 3 is 2.75 bits per heavy atom. The lowest BCUT2D eigenvalue weighted by molar-refractivity contribution is 0.0366. The lowest BCUT2D eigenvalue weighted by atomic mass is 9.87. The Kier molecular flexibility index (Phi) is 5.73. The van der Waals surface area contributed by atoms with E-state index in [-0.39, 0.29) is 5.41 Å². The molecule has 0 aliphatic carbocycles. The third kappa shape index (κ3) is 4.40. The molecule has 0 aromatic carbocycles. The largest absolute Gasteiger partial charge is 0.381 e. The van der Waals surface area contributed by atoms with Crippen LogP contribution >= 0.6 is 0 Å². The normalized spacial score (nSPS) is 25.7. The highest BCUT2D eigenvalue weighted by atomic mass is 16.5. The maximum absolute atomic E-state index is 5.85. The molecule has 3 nitrogen and oxygen atoms in total. The van der Waals surface area contributed by atoms with Crippen LogP contribution in [0.4, 0.5) is 0 Å². The third-order valence-corrected chi connectivity index (χ3v) is 3.82. The molecule has 1 rings (SSSR count). The van der Waals surface area contributed by atoms with Crippen LogP contribution in [-0.2, 0) is 4.74 Å². The molecule has 16 heavy (non-hydrogen) atoms. The molecule has 0 saturated carbocycles. The quantitative estimate of drug-likeness (QED) is 0.752. The fraction of sp³-hybridized carbons (Fsp3) is 1.00. The zero-order valence-corrected chi connectivity index (χ0v) is 11.2. The van der Waals surface area contributed by atoms with E-state index in [0.717, 1.165) is 45.2 Å². The van der Waals surface area contributed by atoms with Crippen LogP contribution in [0.3, 0.4) is 0 Å². The zero-order valence-electron chi connectivity index (χ0n) is 11.2. The van der Waals surface area contributed by atoms with Gasteiger partial charge in [-0.1, -0.05) is 13.8 Å². The van der Waals surface area contributed by atoms with E-state index in [0.29, 0.717) is 0 Å². The molecule has 0 spiro atoms. The minimum Gasteiger partial charge on any atom is -0.381 e. The van der Waals surface area contributed by atoms with Crippen molar-refractivity contribution >= 4 is 0 Å². The highest BCUT2D eigenvalue weighted by Crippen LogP contribution is 2.22. The lowest BCUT2D eigenvalue weighted by Crippen LogP contribution is -2.41. The molecule has 1 heterocycles. The van der Waals surface area contributed by atoms with Crippen LogP contribution in [0.15, 0.2) is 0 Å². The summed E-state index contributed by atoms with van der Waals surface area (Å²) in [7, 11) is 2.21. The first-order valence-corrected chi connectivity index (χ1v) is 6.56. The molecule has 2 N–H and O–H groups in total. The van der Waals surface area contributed by atoms with Crippen molar-refractivity contribution in [3.05, 3.63) is 0 Å². The van der Waals surface area contributed by atoms with Gasteiger partial charge in [-0.05, 0) is 44.2 Å². The van der Waals surface area contributed by atoms with Crippen molar-refractivity contribution < 1.29 is 4.74 Å². The molecule has 1 aliphatic rings. The number of ether oxygens (including phenoxy) is 1. The molecule has 1 fully saturated rings. The van der Waals surface area contributed by atoms with Crippen LogP contribution in [0.1, 0.15) is 33.1 Å². The minimum absolute atomic E-state index is 0.268. The Bertz CT molecular complexity index is 186. The van der Waals surface area contributed by atoms with Crippen LogP contribution in [0.5, 0.6) is 0 Å². The molecule has 0 aromatic rings. The second-order valence-corrected chi connectivity index (χ2v) is 5.65. The summed E-state index contributed by atoms with van der Waals surface area (Å²) in [5.74, 6) is 0.720. The third-order valence-electron chi connectivity index (χ3n) is 3.82. The second kappa shape index (κ2) is 6.58. The van der Waals surface area contributed by atoms with Crippen LogP contribution in [0, 0.1) is 11.3 Å². The van der Waals surface area contributed by atoms with Gasteiger partial charge in [0.15, 0.2) is 0 Å². The predicted molar refractivity (Wildman–Crippen MR) is 68.5 cm³/mol. The maximum Gasteiger partial charge on any atom is 0.0506 e. The highest BCUT2D eigenvalue weighted by molar-refractivity contribution is 4.78. The molecule has 2 atom stereocenters. The first-order valence-electron chi connectivity index (χ1n) is 6.56. The van der Waals surface area contributed by atoms with Crippen molar-refractivity contribution in [1.82, 2.24) is 4.90 Å². The number of rotatable bonds is 6. The fourth-order valence-corrected chi connectivity index (χ4v) is 2.43. The summed E-state index contributed by atoms with van der Waals surface area (Å²) in [6, 6.07) is 0. The standard InChI is InChI=1S/C13H28N2O/c1-4-13(2,10-14)11-15(3)8-12-6-5-7-16-9-12/h12H,4-11,14H2,1-3H3. The van der Waals surface area contributed by atoms with E-state index in [1.165, 1.54) is 12.8 Å². The Balaban J connectivity index is 2.30. The lowest BCUT2D eigenvalue weighted by Gasteiger charge is -2.34. The van der Waals surface area contributed by atoms with E-state index in [1.807, 2.05) is 0 Å². The van der Waals surface area contributed by atoms with E-state index in [1.54, 1.807) is 0 Å². The van der Waals surface area contributed by atoms with Crippen molar-refractivity contribution in [3.8, 4) is 0 Å². The number of hydrogen-bond acceptors (Lipinski definition) is 3. The van der Waals surface area contributed by atoms with Crippen LogP contribution in [0.2, 0.25) is 0 Å². The average Bonchev–Trinajstić information content (AvgIpc) is 2.30. The Labute approximate surface area is 100 Å². The van der Waals surface area contributed by atoms with Gasteiger partial charge in [-0.3, -0.25) is 0 Å². The van der Waals surface area contributed by atoms with Crippen molar-refractivity contribution in [2.75, 3.05) is 39.9 Å². The molecule has 1 saturated heterocycles. The monoisotopic (exact) mass is 228 g/mol. The van der Waals surface area contributed by atoms with Crippen LogP contribution in [0.25, 0.3) is 0 Å². The smallest absolute Gasteiger partial charge is 0.0506 e. The van der Waals surface area contributed by atoms with Crippen molar-refractivity contribution in [1.29, 1.82) is 0 Å². The van der Waals surface area contributed by atoms with Gasteiger partial charge < -0.3 is 15.4 Å². The molecule has 96 valence electrons. The van der Waals surface area contributed by atoms with Gasteiger partial charge in [-0.25, -0.2) is 0 Å². The predicted octanol–water partition coefficient (Wildman–Crippen LogP) is 1.72. The summed E-state index contributed by atoms with van der Waals surface area (Å²) in [4.78, 5) is 2.43. The topological polar surface area (TPSA) is 38.5 Å². The number of hydrogen-bond donors (Lipinski definition) is 1. The number of nitrogens with zero attached hydrogens (tertiary/aromatic N) is 1. The van der Waals surface area contributed by atoms with Crippen molar-refractivity contribution in [3.63, 3.8) is 0 Å². The molecule has 0 amide bonds. The fourth-order valence-electron chi connectivity index (χ4n) is 2.43. The van der Waals surface area contributed by atoms with E-state index in [4.69, 9.17) is 10.5 Å².